The zero-order valence-corrected chi connectivity index (χ0v) is 19.4. The van der Waals surface area contributed by atoms with Crippen LogP contribution in [0.4, 0.5) is 18.3 Å². The van der Waals surface area contributed by atoms with Gasteiger partial charge in [0.25, 0.3) is 5.91 Å². The summed E-state index contributed by atoms with van der Waals surface area (Å²) in [5.41, 5.74) is 3.05. The van der Waals surface area contributed by atoms with Crippen molar-refractivity contribution in [1.82, 2.24) is 24.9 Å². The molecule has 11 heteroatoms. The van der Waals surface area contributed by atoms with Crippen LogP contribution >= 0.6 is 11.3 Å². The van der Waals surface area contributed by atoms with Gasteiger partial charge in [-0.05, 0) is 50.8 Å². The Hall–Kier alpha value is -2.95. The van der Waals surface area contributed by atoms with Crippen LogP contribution in [0.5, 0.6) is 0 Å². The molecule has 2 unspecified atom stereocenters. The molecule has 0 saturated carbocycles. The van der Waals surface area contributed by atoms with Crippen LogP contribution in [0.2, 0.25) is 0 Å². The van der Waals surface area contributed by atoms with Gasteiger partial charge in [-0.2, -0.15) is 18.3 Å². The second-order valence-corrected chi connectivity index (χ2v) is 9.38. The van der Waals surface area contributed by atoms with Gasteiger partial charge in [0, 0.05) is 19.3 Å². The van der Waals surface area contributed by atoms with E-state index in [9.17, 15) is 18.0 Å². The first-order valence-electron chi connectivity index (χ1n) is 10.7. The van der Waals surface area contributed by atoms with Crippen molar-refractivity contribution in [2.45, 2.75) is 45.8 Å². The Morgan fingerprint density at radius 3 is 2.70 bits per heavy atom. The third kappa shape index (κ3) is 5.02. The minimum absolute atomic E-state index is 0.0933. The van der Waals surface area contributed by atoms with Crippen LogP contribution < -0.4 is 5.32 Å². The molecule has 3 aromatic rings. The number of hydrogen-bond acceptors (Lipinski definition) is 6. The molecule has 176 valence electrons. The SMILES string of the molecule is Cc1ccc(-n2ccc(C)n2)c(C(=O)N2CCCC(C)C2CNc2nnc(C(F)(F)F)s2)c1. The summed E-state index contributed by atoms with van der Waals surface area (Å²) in [7, 11) is 0. The topological polar surface area (TPSA) is 75.9 Å². The third-order valence-corrected chi connectivity index (χ3v) is 6.78. The van der Waals surface area contributed by atoms with E-state index in [0.717, 1.165) is 24.1 Å². The highest BCUT2D eigenvalue weighted by Gasteiger charge is 2.37. The van der Waals surface area contributed by atoms with Crippen molar-refractivity contribution < 1.29 is 18.0 Å². The first-order valence-corrected chi connectivity index (χ1v) is 11.5. The van der Waals surface area contributed by atoms with Gasteiger partial charge < -0.3 is 10.2 Å². The van der Waals surface area contributed by atoms with E-state index < -0.39 is 11.2 Å². The molecule has 1 aliphatic rings. The summed E-state index contributed by atoms with van der Waals surface area (Å²) in [5.74, 6) is 0.0545. The van der Waals surface area contributed by atoms with E-state index in [1.807, 2.05) is 49.2 Å². The smallest absolute Gasteiger partial charge is 0.358 e. The number of alkyl halides is 3. The maximum Gasteiger partial charge on any atom is 0.445 e. The fourth-order valence-electron chi connectivity index (χ4n) is 4.14. The van der Waals surface area contributed by atoms with Gasteiger partial charge in [0.15, 0.2) is 0 Å². The van der Waals surface area contributed by atoms with Crippen LogP contribution in [-0.4, -0.2) is 49.9 Å². The minimum Gasteiger partial charge on any atom is -0.358 e. The van der Waals surface area contributed by atoms with Crippen molar-refractivity contribution in [3.05, 3.63) is 52.3 Å². The number of piperidine rings is 1. The van der Waals surface area contributed by atoms with Crippen molar-refractivity contribution in [1.29, 1.82) is 0 Å². The quantitative estimate of drug-likeness (QED) is 0.575. The second kappa shape index (κ2) is 9.12. The minimum atomic E-state index is -4.52. The Morgan fingerprint density at radius 2 is 2.03 bits per heavy atom. The summed E-state index contributed by atoms with van der Waals surface area (Å²) in [4.78, 5) is 15.6. The van der Waals surface area contributed by atoms with Crippen LogP contribution in [0.25, 0.3) is 5.69 Å². The Morgan fingerprint density at radius 1 is 1.24 bits per heavy atom. The molecular weight excluding hydrogens is 453 g/mol. The molecule has 0 aliphatic carbocycles. The number of carbonyl (C=O) groups is 1. The van der Waals surface area contributed by atoms with E-state index in [1.165, 1.54) is 0 Å². The monoisotopic (exact) mass is 478 g/mol. The van der Waals surface area contributed by atoms with Crippen molar-refractivity contribution in [3.8, 4) is 5.69 Å². The van der Waals surface area contributed by atoms with E-state index in [2.05, 4.69) is 27.5 Å². The number of likely N-dealkylation sites (tertiary alicyclic amines) is 1. The van der Waals surface area contributed by atoms with Gasteiger partial charge >= 0.3 is 6.18 Å². The Balaban J connectivity index is 1.58. The maximum absolute atomic E-state index is 13.7. The highest BCUT2D eigenvalue weighted by atomic mass is 32.1. The number of nitrogens with one attached hydrogen (secondary N) is 1. The predicted molar refractivity (Wildman–Crippen MR) is 120 cm³/mol. The first kappa shape index (κ1) is 23.2. The van der Waals surface area contributed by atoms with E-state index in [1.54, 1.807) is 4.68 Å². The summed E-state index contributed by atoms with van der Waals surface area (Å²) in [6.07, 6.45) is -0.909. The molecule has 1 aliphatic heterocycles. The van der Waals surface area contributed by atoms with Crippen molar-refractivity contribution in [2.75, 3.05) is 18.4 Å². The lowest BCUT2D eigenvalue weighted by atomic mass is 9.90. The van der Waals surface area contributed by atoms with E-state index >= 15 is 0 Å². The Labute approximate surface area is 193 Å². The molecule has 33 heavy (non-hydrogen) atoms. The molecule has 1 amide bonds. The fourth-order valence-corrected chi connectivity index (χ4v) is 4.76. The van der Waals surface area contributed by atoms with Crippen LogP contribution in [0.3, 0.4) is 0 Å². The summed E-state index contributed by atoms with van der Waals surface area (Å²) < 4.78 is 40.2. The number of carbonyl (C=O) groups excluding carboxylic acids is 1. The van der Waals surface area contributed by atoms with Gasteiger partial charge in [0.2, 0.25) is 10.1 Å². The average molecular weight is 479 g/mol. The van der Waals surface area contributed by atoms with Gasteiger partial charge in [-0.3, -0.25) is 4.79 Å². The van der Waals surface area contributed by atoms with E-state index in [-0.39, 0.29) is 23.0 Å². The zero-order valence-electron chi connectivity index (χ0n) is 18.6. The molecule has 1 fully saturated rings. The van der Waals surface area contributed by atoms with Crippen LogP contribution in [0, 0.1) is 19.8 Å². The van der Waals surface area contributed by atoms with Gasteiger partial charge in [-0.25, -0.2) is 4.68 Å². The van der Waals surface area contributed by atoms with Gasteiger partial charge in [-0.1, -0.05) is 29.9 Å². The first-order chi connectivity index (χ1) is 15.6. The molecular formula is C22H25F3N6OS. The molecule has 3 heterocycles. The summed E-state index contributed by atoms with van der Waals surface area (Å²) in [6, 6.07) is 7.36. The third-order valence-electron chi connectivity index (χ3n) is 5.86. The average Bonchev–Trinajstić information content (AvgIpc) is 3.41. The van der Waals surface area contributed by atoms with Crippen molar-refractivity contribution in [2.24, 2.45) is 5.92 Å². The molecule has 1 N–H and O–H groups in total. The van der Waals surface area contributed by atoms with E-state index in [4.69, 9.17) is 0 Å². The number of halogens is 3. The molecule has 0 radical (unpaired) electrons. The fraction of sp³-hybridized carbons (Fsp3) is 0.455. The van der Waals surface area contributed by atoms with Gasteiger partial charge in [0.1, 0.15) is 0 Å². The zero-order chi connectivity index (χ0) is 23.8. The molecule has 1 aromatic carbocycles. The summed E-state index contributed by atoms with van der Waals surface area (Å²) in [5, 5.41) is 13.4. The van der Waals surface area contributed by atoms with Gasteiger partial charge in [0.05, 0.1) is 23.0 Å². The van der Waals surface area contributed by atoms with E-state index in [0.29, 0.717) is 35.7 Å². The van der Waals surface area contributed by atoms with Crippen LogP contribution in [0.1, 0.15) is 46.4 Å². The Kier molecular flexibility index (Phi) is 6.42. The molecule has 2 atom stereocenters. The predicted octanol–water partition coefficient (Wildman–Crippen LogP) is 4.71. The normalized spacial score (nSPS) is 19.0. The number of rotatable bonds is 5. The second-order valence-electron chi connectivity index (χ2n) is 8.40. The number of aromatic nitrogens is 4. The maximum atomic E-state index is 13.7. The standard InChI is InChI=1S/C22H25F3N6OS/c1-13-6-7-17(31-10-8-15(3)29-31)16(11-13)19(32)30-9-4-5-14(2)18(30)12-26-21-28-27-20(33-21)22(23,24)25/h6-8,10-11,14,18H,4-5,9,12H2,1-3H3,(H,26,28). The van der Waals surface area contributed by atoms with Crippen LogP contribution in [-0.2, 0) is 6.18 Å². The van der Waals surface area contributed by atoms with Crippen molar-refractivity contribution >= 4 is 22.4 Å². The van der Waals surface area contributed by atoms with Gasteiger partial charge in [-0.15, -0.1) is 10.2 Å². The number of nitrogens with zero attached hydrogens (tertiary/aromatic N) is 5. The van der Waals surface area contributed by atoms with Crippen molar-refractivity contribution in [3.63, 3.8) is 0 Å². The Bertz CT molecular complexity index is 1140. The summed E-state index contributed by atoms with van der Waals surface area (Å²) >= 11 is 0.466. The lowest BCUT2D eigenvalue weighted by molar-refractivity contribution is -0.138. The highest BCUT2D eigenvalue weighted by molar-refractivity contribution is 7.15. The lowest BCUT2D eigenvalue weighted by Crippen LogP contribution is -2.51. The van der Waals surface area contributed by atoms with Crippen LogP contribution in [0.15, 0.2) is 30.5 Å². The molecule has 2 aromatic heterocycles. The number of aryl methyl sites for hydroxylation is 2. The lowest BCUT2D eigenvalue weighted by Gasteiger charge is -2.40. The molecule has 0 spiro atoms. The number of benzene rings is 1. The number of amides is 1. The number of hydrogen-bond donors (Lipinski definition) is 1. The molecule has 0 bridgehead atoms. The largest absolute Gasteiger partial charge is 0.445 e. The number of anilines is 1. The molecule has 1 saturated heterocycles. The molecule has 7 nitrogen and oxygen atoms in total. The summed E-state index contributed by atoms with van der Waals surface area (Å²) in [6.45, 7) is 6.74. The molecule has 4 rings (SSSR count). The highest BCUT2D eigenvalue weighted by Crippen LogP contribution is 2.33.